The minimum atomic E-state index is -0.906. The molecule has 0 spiro atoms. The van der Waals surface area contributed by atoms with Crippen LogP contribution in [0.4, 0.5) is 8.78 Å². The van der Waals surface area contributed by atoms with Gasteiger partial charge in [0.25, 0.3) is 0 Å². The smallest absolute Gasteiger partial charge is 0.160 e. The van der Waals surface area contributed by atoms with Gasteiger partial charge in [0.05, 0.1) is 11.2 Å². The van der Waals surface area contributed by atoms with E-state index in [1.165, 1.54) is 6.08 Å². The number of rotatable bonds is 3. The van der Waals surface area contributed by atoms with Crippen LogP contribution in [0.2, 0.25) is 0 Å². The van der Waals surface area contributed by atoms with Gasteiger partial charge in [0.2, 0.25) is 0 Å². The van der Waals surface area contributed by atoms with Gasteiger partial charge in [-0.1, -0.05) is 0 Å². The Bertz CT molecular complexity index is 906. The average molecular weight is 301 g/mol. The molecule has 3 rings (SSSR count). The highest BCUT2D eigenvalue weighted by molar-refractivity contribution is 5.83. The van der Waals surface area contributed by atoms with E-state index in [2.05, 4.69) is 5.10 Å². The van der Waals surface area contributed by atoms with Crippen molar-refractivity contribution in [3.8, 4) is 5.82 Å². The number of allylic oxidation sites excluding steroid dienone is 1. The molecule has 0 unspecified atom stereocenters. The van der Waals surface area contributed by atoms with Crippen LogP contribution in [-0.4, -0.2) is 20.6 Å². The largest absolute Gasteiger partial charge is 0.301 e. The van der Waals surface area contributed by atoms with E-state index in [0.717, 1.165) is 23.4 Å². The Balaban J connectivity index is 2.30. The van der Waals surface area contributed by atoms with Crippen LogP contribution in [0.5, 0.6) is 0 Å². The number of hydrogen-bond donors (Lipinski definition) is 0. The van der Waals surface area contributed by atoms with Gasteiger partial charge in [-0.2, -0.15) is 5.10 Å². The number of fused-ring (bicyclic) bond motifs is 1. The Morgan fingerprint density at radius 3 is 2.68 bits per heavy atom. The summed E-state index contributed by atoms with van der Waals surface area (Å²) in [7, 11) is 1.76. The third kappa shape index (κ3) is 2.13. The monoisotopic (exact) mass is 301 g/mol. The predicted octanol–water partition coefficient (Wildman–Crippen LogP) is 3.16. The van der Waals surface area contributed by atoms with E-state index in [1.807, 2.05) is 6.92 Å². The Hall–Kier alpha value is -2.76. The predicted molar refractivity (Wildman–Crippen MR) is 79.8 cm³/mol. The van der Waals surface area contributed by atoms with Gasteiger partial charge in [0.1, 0.15) is 12.1 Å². The van der Waals surface area contributed by atoms with Crippen molar-refractivity contribution < 1.29 is 13.6 Å². The van der Waals surface area contributed by atoms with Crippen molar-refractivity contribution in [2.45, 2.75) is 6.92 Å². The number of halogens is 2. The molecule has 0 saturated heterocycles. The molecule has 4 nitrogen and oxygen atoms in total. The number of aldehydes is 1. The molecule has 0 aliphatic heterocycles. The summed E-state index contributed by atoms with van der Waals surface area (Å²) in [6, 6.07) is 4.01. The average Bonchev–Trinajstić information content (AvgIpc) is 2.98. The van der Waals surface area contributed by atoms with E-state index >= 15 is 0 Å². The maximum absolute atomic E-state index is 13.6. The molecule has 6 heteroatoms. The van der Waals surface area contributed by atoms with Gasteiger partial charge in [0, 0.05) is 30.3 Å². The first-order valence-corrected chi connectivity index (χ1v) is 6.65. The molecule has 22 heavy (non-hydrogen) atoms. The van der Waals surface area contributed by atoms with Crippen LogP contribution in [0.1, 0.15) is 11.3 Å². The summed E-state index contributed by atoms with van der Waals surface area (Å²) in [6.07, 6.45) is 5.42. The highest BCUT2D eigenvalue weighted by Gasteiger charge is 2.16. The molecular formula is C16H13F2N3O. The van der Waals surface area contributed by atoms with Crippen LogP contribution in [0.15, 0.2) is 30.5 Å². The minimum Gasteiger partial charge on any atom is -0.301 e. The van der Waals surface area contributed by atoms with Gasteiger partial charge >= 0.3 is 0 Å². The molecule has 0 aliphatic rings. The minimum absolute atomic E-state index is 0.530. The van der Waals surface area contributed by atoms with Gasteiger partial charge in [-0.05, 0) is 31.2 Å². The summed E-state index contributed by atoms with van der Waals surface area (Å²) in [5.74, 6) is -1.11. The standard InChI is InChI=1S/C16H13F2N3O/c1-10-12(4-3-7-22)16(20(2)19-10)21-6-5-11-8-13(17)14(18)9-15(11)21/h3-9H,1-2H3/b4-3+. The maximum atomic E-state index is 13.6. The molecule has 0 N–H and O–H groups in total. The SMILES string of the molecule is Cc1nn(C)c(-n2ccc3cc(F)c(F)cc32)c1/C=C/C=O. The summed E-state index contributed by atoms with van der Waals surface area (Å²) < 4.78 is 30.3. The number of carbonyl (C=O) groups is 1. The Kier molecular flexibility index (Phi) is 3.36. The Morgan fingerprint density at radius 1 is 1.23 bits per heavy atom. The number of carbonyl (C=O) groups excluding carboxylic acids is 1. The van der Waals surface area contributed by atoms with Crippen LogP contribution in [0, 0.1) is 18.6 Å². The van der Waals surface area contributed by atoms with Crippen molar-refractivity contribution in [2.24, 2.45) is 7.05 Å². The second kappa shape index (κ2) is 5.22. The highest BCUT2D eigenvalue weighted by Crippen LogP contribution is 2.26. The molecule has 2 aromatic heterocycles. The zero-order chi connectivity index (χ0) is 15.9. The highest BCUT2D eigenvalue weighted by atomic mass is 19.2. The molecule has 1 aromatic carbocycles. The maximum Gasteiger partial charge on any atom is 0.160 e. The lowest BCUT2D eigenvalue weighted by Crippen LogP contribution is -2.03. The third-order valence-corrected chi connectivity index (χ3v) is 3.54. The van der Waals surface area contributed by atoms with Gasteiger partial charge in [-0.3, -0.25) is 9.48 Å². The molecule has 112 valence electrons. The molecule has 0 saturated carbocycles. The number of hydrogen-bond acceptors (Lipinski definition) is 2. The molecule has 3 aromatic rings. The first kappa shape index (κ1) is 14.2. The number of nitrogens with zero attached hydrogens (tertiary/aromatic N) is 3. The van der Waals surface area contributed by atoms with Crippen LogP contribution in [0.3, 0.4) is 0 Å². The molecule has 0 fully saturated rings. The van der Waals surface area contributed by atoms with Crippen LogP contribution in [0.25, 0.3) is 22.8 Å². The van der Waals surface area contributed by atoms with Gasteiger partial charge in [0.15, 0.2) is 11.6 Å². The molecule has 0 bridgehead atoms. The number of benzene rings is 1. The first-order valence-electron chi connectivity index (χ1n) is 6.65. The van der Waals surface area contributed by atoms with Gasteiger partial charge in [-0.15, -0.1) is 0 Å². The number of aromatic nitrogens is 3. The summed E-state index contributed by atoms with van der Waals surface area (Å²) in [5.41, 5.74) is 2.01. The van der Waals surface area contributed by atoms with E-state index in [-0.39, 0.29) is 0 Å². The fraction of sp³-hybridized carbons (Fsp3) is 0.125. The summed E-state index contributed by atoms with van der Waals surface area (Å²) in [5, 5.41) is 4.91. The zero-order valence-electron chi connectivity index (χ0n) is 12.0. The first-order chi connectivity index (χ1) is 10.5. The number of aryl methyl sites for hydroxylation is 2. The Labute approximate surface area is 125 Å². The van der Waals surface area contributed by atoms with Gasteiger partial charge in [-0.25, -0.2) is 8.78 Å². The lowest BCUT2D eigenvalue weighted by atomic mass is 10.2. The molecule has 0 radical (unpaired) electrons. The molecular weight excluding hydrogens is 288 g/mol. The zero-order valence-corrected chi connectivity index (χ0v) is 12.0. The van der Waals surface area contributed by atoms with Crippen LogP contribution >= 0.6 is 0 Å². The Morgan fingerprint density at radius 2 is 1.95 bits per heavy atom. The fourth-order valence-corrected chi connectivity index (χ4v) is 2.59. The molecule has 0 amide bonds. The normalized spacial score (nSPS) is 11.6. The van der Waals surface area contributed by atoms with E-state index in [1.54, 1.807) is 34.6 Å². The lowest BCUT2D eigenvalue weighted by Gasteiger charge is -2.08. The van der Waals surface area contributed by atoms with E-state index < -0.39 is 11.6 Å². The van der Waals surface area contributed by atoms with Crippen molar-refractivity contribution in [1.29, 1.82) is 0 Å². The van der Waals surface area contributed by atoms with Gasteiger partial charge < -0.3 is 4.57 Å². The van der Waals surface area contributed by atoms with E-state index in [9.17, 15) is 13.6 Å². The van der Waals surface area contributed by atoms with Crippen molar-refractivity contribution in [1.82, 2.24) is 14.3 Å². The van der Waals surface area contributed by atoms with Crippen LogP contribution in [-0.2, 0) is 11.8 Å². The second-order valence-electron chi connectivity index (χ2n) is 4.95. The third-order valence-electron chi connectivity index (χ3n) is 3.54. The molecule has 0 aliphatic carbocycles. The molecule has 2 heterocycles. The lowest BCUT2D eigenvalue weighted by molar-refractivity contribution is -0.104. The fourth-order valence-electron chi connectivity index (χ4n) is 2.59. The summed E-state index contributed by atoms with van der Waals surface area (Å²) >= 11 is 0. The molecule has 0 atom stereocenters. The van der Waals surface area contributed by atoms with Crippen molar-refractivity contribution in [3.05, 3.63) is 53.4 Å². The quantitative estimate of drug-likeness (QED) is 0.550. The van der Waals surface area contributed by atoms with E-state index in [0.29, 0.717) is 23.0 Å². The van der Waals surface area contributed by atoms with E-state index in [4.69, 9.17) is 0 Å². The van der Waals surface area contributed by atoms with Crippen molar-refractivity contribution in [3.63, 3.8) is 0 Å². The van der Waals surface area contributed by atoms with Crippen molar-refractivity contribution in [2.75, 3.05) is 0 Å². The van der Waals surface area contributed by atoms with Crippen LogP contribution < -0.4 is 0 Å². The summed E-state index contributed by atoms with van der Waals surface area (Å²) in [4.78, 5) is 10.6. The topological polar surface area (TPSA) is 39.8 Å². The second-order valence-corrected chi connectivity index (χ2v) is 4.95. The summed E-state index contributed by atoms with van der Waals surface area (Å²) in [6.45, 7) is 1.82. The van der Waals surface area contributed by atoms with Crippen molar-refractivity contribution >= 4 is 23.3 Å².